The van der Waals surface area contributed by atoms with Gasteiger partial charge in [-0.1, -0.05) is 59.7 Å². The van der Waals surface area contributed by atoms with Crippen molar-refractivity contribution in [3.8, 4) is 5.75 Å². The van der Waals surface area contributed by atoms with Crippen LogP contribution in [0.3, 0.4) is 0 Å². The lowest BCUT2D eigenvalue weighted by molar-refractivity contribution is -0.119. The molecule has 1 amide bonds. The number of carbonyl (C=O) groups is 1. The second-order valence-electron chi connectivity index (χ2n) is 10.4. The number of hydrogen-bond acceptors (Lipinski definition) is 4. The number of rotatable bonds is 4. The monoisotopic (exact) mass is 421 g/mol. The summed E-state index contributed by atoms with van der Waals surface area (Å²) in [5.74, 6) is 0.198. The summed E-state index contributed by atoms with van der Waals surface area (Å²) in [5, 5.41) is 15.0. The molecule has 0 bridgehead atoms. The number of anilines is 1. The Bertz CT molecular complexity index is 946. The number of para-hydroxylation sites is 1. The van der Waals surface area contributed by atoms with Gasteiger partial charge in [0.15, 0.2) is 0 Å². The largest absolute Gasteiger partial charge is 0.507 e. The number of fused-ring (bicyclic) bond motifs is 1. The van der Waals surface area contributed by atoms with E-state index in [1.54, 1.807) is 6.21 Å². The molecule has 5 nitrogen and oxygen atoms in total. The predicted molar refractivity (Wildman–Crippen MR) is 128 cm³/mol. The van der Waals surface area contributed by atoms with Crippen LogP contribution in [-0.4, -0.2) is 30.3 Å². The van der Waals surface area contributed by atoms with E-state index in [4.69, 9.17) is 0 Å². The minimum absolute atomic E-state index is 0.140. The Hall–Kier alpha value is -2.82. The molecular formula is C26H35N3O2. The Morgan fingerprint density at radius 3 is 2.32 bits per heavy atom. The molecule has 166 valence electrons. The highest BCUT2D eigenvalue weighted by molar-refractivity contribution is 5.85. The third-order valence-electron chi connectivity index (χ3n) is 5.69. The summed E-state index contributed by atoms with van der Waals surface area (Å²) in [7, 11) is 0. The number of hydrazone groups is 1. The van der Waals surface area contributed by atoms with Crippen molar-refractivity contribution >= 4 is 17.8 Å². The highest BCUT2D eigenvalue weighted by atomic mass is 16.3. The fourth-order valence-electron chi connectivity index (χ4n) is 4.04. The van der Waals surface area contributed by atoms with Gasteiger partial charge in [0, 0.05) is 23.4 Å². The van der Waals surface area contributed by atoms with Crippen molar-refractivity contribution < 1.29 is 9.90 Å². The normalized spacial score (nSPS) is 14.6. The Morgan fingerprint density at radius 1 is 1.10 bits per heavy atom. The SMILES string of the molecule is CC(C)(C)c1cc(/C=N/NC(=O)CN2CCCc3ccccc32)cc(C(C)(C)C)c1O. The molecule has 0 spiro atoms. The average Bonchev–Trinajstić information content (AvgIpc) is 2.67. The van der Waals surface area contributed by atoms with E-state index < -0.39 is 0 Å². The number of carbonyl (C=O) groups excluding carboxylic acids is 1. The molecule has 0 unspecified atom stereocenters. The first kappa shape index (κ1) is 22.9. The third kappa shape index (κ3) is 5.46. The second kappa shape index (κ2) is 8.74. The molecule has 1 aliphatic rings. The van der Waals surface area contributed by atoms with Crippen LogP contribution in [-0.2, 0) is 22.0 Å². The van der Waals surface area contributed by atoms with Crippen molar-refractivity contribution in [3.05, 3.63) is 58.7 Å². The summed E-state index contributed by atoms with van der Waals surface area (Å²) in [4.78, 5) is 14.6. The standard InChI is InChI=1S/C26H35N3O2/c1-25(2,3)20-14-18(15-21(24(20)31)26(4,5)6)16-27-28-23(30)17-29-13-9-11-19-10-7-8-12-22(19)29/h7-8,10,12,14-16,31H,9,11,13,17H2,1-6H3,(H,28,30)/b27-16+. The van der Waals surface area contributed by atoms with E-state index in [0.29, 0.717) is 5.75 Å². The molecule has 2 aromatic rings. The first-order chi connectivity index (χ1) is 14.5. The number of hydrogen-bond donors (Lipinski definition) is 2. The maximum absolute atomic E-state index is 12.5. The molecule has 1 aliphatic heterocycles. The van der Waals surface area contributed by atoms with Gasteiger partial charge in [0.05, 0.1) is 12.8 Å². The van der Waals surface area contributed by atoms with Gasteiger partial charge in [0.2, 0.25) is 0 Å². The van der Waals surface area contributed by atoms with Crippen LogP contribution in [0.4, 0.5) is 5.69 Å². The summed E-state index contributed by atoms with van der Waals surface area (Å²) < 4.78 is 0. The number of phenols is 1. The van der Waals surface area contributed by atoms with E-state index in [1.165, 1.54) is 5.56 Å². The van der Waals surface area contributed by atoms with E-state index in [1.807, 2.05) is 24.3 Å². The van der Waals surface area contributed by atoms with Gasteiger partial charge in [-0.05, 0) is 53.0 Å². The molecule has 0 fully saturated rings. The first-order valence-electron chi connectivity index (χ1n) is 11.0. The maximum atomic E-state index is 12.5. The van der Waals surface area contributed by atoms with Crippen LogP contribution in [0.5, 0.6) is 5.75 Å². The van der Waals surface area contributed by atoms with Crippen LogP contribution in [0.15, 0.2) is 41.5 Å². The molecule has 31 heavy (non-hydrogen) atoms. The Labute approximate surface area is 186 Å². The molecule has 3 rings (SSSR count). The van der Waals surface area contributed by atoms with E-state index >= 15 is 0 Å². The number of phenolic OH excluding ortho intramolecular Hbond substituents is 1. The molecule has 5 heteroatoms. The molecule has 0 aliphatic carbocycles. The molecule has 0 saturated heterocycles. The molecule has 0 aromatic heterocycles. The zero-order valence-electron chi connectivity index (χ0n) is 19.6. The van der Waals surface area contributed by atoms with Crippen molar-refractivity contribution in [1.29, 1.82) is 0 Å². The fourth-order valence-corrected chi connectivity index (χ4v) is 4.04. The molecule has 1 heterocycles. The predicted octanol–water partition coefficient (Wildman–Crippen LogP) is 4.89. The topological polar surface area (TPSA) is 64.9 Å². The first-order valence-corrected chi connectivity index (χ1v) is 11.0. The second-order valence-corrected chi connectivity index (χ2v) is 10.4. The molecule has 2 N–H and O–H groups in total. The molecule has 0 saturated carbocycles. The zero-order chi connectivity index (χ0) is 22.8. The number of nitrogens with one attached hydrogen (secondary N) is 1. The van der Waals surface area contributed by atoms with Crippen LogP contribution < -0.4 is 10.3 Å². The summed E-state index contributed by atoms with van der Waals surface area (Å²) in [6.45, 7) is 13.6. The smallest absolute Gasteiger partial charge is 0.259 e. The van der Waals surface area contributed by atoms with E-state index in [9.17, 15) is 9.90 Å². The third-order valence-corrected chi connectivity index (χ3v) is 5.69. The van der Waals surface area contributed by atoms with Crippen LogP contribution >= 0.6 is 0 Å². The molecular weight excluding hydrogens is 386 g/mol. The van der Waals surface area contributed by atoms with Crippen molar-refractivity contribution in [3.63, 3.8) is 0 Å². The van der Waals surface area contributed by atoms with Crippen LogP contribution in [0.1, 0.15) is 70.2 Å². The molecule has 2 aromatic carbocycles. The average molecular weight is 422 g/mol. The lowest BCUT2D eigenvalue weighted by Crippen LogP contribution is -2.38. The Kier molecular flexibility index (Phi) is 6.44. The lowest BCUT2D eigenvalue weighted by Gasteiger charge is -2.30. The quantitative estimate of drug-likeness (QED) is 0.546. The summed E-state index contributed by atoms with van der Waals surface area (Å²) >= 11 is 0. The number of amides is 1. The lowest BCUT2D eigenvalue weighted by atomic mass is 9.78. The number of aromatic hydroxyl groups is 1. The van der Waals surface area contributed by atoms with Crippen molar-refractivity contribution in [2.75, 3.05) is 18.0 Å². The van der Waals surface area contributed by atoms with Gasteiger partial charge in [-0.25, -0.2) is 5.43 Å². The fraction of sp³-hybridized carbons (Fsp3) is 0.462. The van der Waals surface area contributed by atoms with Gasteiger partial charge in [0.1, 0.15) is 5.75 Å². The molecule has 0 atom stereocenters. The van der Waals surface area contributed by atoms with Crippen molar-refractivity contribution in [2.45, 2.75) is 65.2 Å². The van der Waals surface area contributed by atoms with Gasteiger partial charge in [-0.3, -0.25) is 4.79 Å². The summed E-state index contributed by atoms with van der Waals surface area (Å²) in [6.07, 6.45) is 3.76. The summed E-state index contributed by atoms with van der Waals surface area (Å²) in [6, 6.07) is 12.1. The van der Waals surface area contributed by atoms with Crippen LogP contribution in [0, 0.1) is 0 Å². The Balaban J connectivity index is 1.74. The van der Waals surface area contributed by atoms with Gasteiger partial charge in [-0.15, -0.1) is 0 Å². The number of aryl methyl sites for hydroxylation is 1. The highest BCUT2D eigenvalue weighted by Gasteiger charge is 2.26. The van der Waals surface area contributed by atoms with Gasteiger partial charge in [-0.2, -0.15) is 5.10 Å². The minimum atomic E-state index is -0.209. The zero-order valence-corrected chi connectivity index (χ0v) is 19.6. The number of nitrogens with zero attached hydrogens (tertiary/aromatic N) is 2. The number of benzene rings is 2. The van der Waals surface area contributed by atoms with Crippen LogP contribution in [0.25, 0.3) is 0 Å². The summed E-state index contributed by atoms with van der Waals surface area (Å²) in [5.41, 5.74) is 7.28. The van der Waals surface area contributed by atoms with E-state index in [2.05, 4.69) is 69.1 Å². The van der Waals surface area contributed by atoms with E-state index in [0.717, 1.165) is 41.8 Å². The molecule has 0 radical (unpaired) electrons. The Morgan fingerprint density at radius 2 is 1.71 bits per heavy atom. The minimum Gasteiger partial charge on any atom is -0.507 e. The van der Waals surface area contributed by atoms with Crippen molar-refractivity contribution in [2.24, 2.45) is 5.10 Å². The van der Waals surface area contributed by atoms with Gasteiger partial charge >= 0.3 is 0 Å². The van der Waals surface area contributed by atoms with E-state index in [-0.39, 0.29) is 23.3 Å². The maximum Gasteiger partial charge on any atom is 0.259 e. The van der Waals surface area contributed by atoms with Crippen molar-refractivity contribution in [1.82, 2.24) is 5.43 Å². The van der Waals surface area contributed by atoms with Crippen LogP contribution in [0.2, 0.25) is 0 Å². The van der Waals surface area contributed by atoms with Gasteiger partial charge in [0.25, 0.3) is 5.91 Å². The van der Waals surface area contributed by atoms with Gasteiger partial charge < -0.3 is 10.0 Å². The highest BCUT2D eigenvalue weighted by Crippen LogP contribution is 2.39.